The highest BCUT2D eigenvalue weighted by atomic mass is 19.1. The Balaban J connectivity index is 2.64. The molecule has 0 aliphatic heterocycles. The number of halogens is 1. The smallest absolute Gasteiger partial charge is 0.0894 e. The highest BCUT2D eigenvalue weighted by Crippen LogP contribution is 2.19. The van der Waals surface area contributed by atoms with Crippen LogP contribution in [0.1, 0.15) is 18.4 Å². The van der Waals surface area contributed by atoms with E-state index in [1.165, 1.54) is 11.3 Å². The molecule has 0 fully saturated rings. The van der Waals surface area contributed by atoms with Crippen LogP contribution >= 0.6 is 0 Å². The Labute approximate surface area is 85.5 Å². The lowest BCUT2D eigenvalue weighted by molar-refractivity contribution is 0.462. The zero-order valence-corrected chi connectivity index (χ0v) is 8.96. The zero-order valence-electron chi connectivity index (χ0n) is 8.96. The van der Waals surface area contributed by atoms with Crippen LogP contribution in [0.15, 0.2) is 24.3 Å². The lowest BCUT2D eigenvalue weighted by Gasteiger charge is -2.16. The van der Waals surface area contributed by atoms with Crippen molar-refractivity contribution in [3.05, 3.63) is 29.8 Å². The maximum atomic E-state index is 11.9. The van der Waals surface area contributed by atoms with Gasteiger partial charge in [-0.25, -0.2) is 0 Å². The molecule has 0 aliphatic rings. The van der Waals surface area contributed by atoms with Crippen molar-refractivity contribution >= 4 is 5.69 Å². The third kappa shape index (κ3) is 3.02. The fourth-order valence-electron chi connectivity index (χ4n) is 1.57. The van der Waals surface area contributed by atoms with Crippen LogP contribution in [0.4, 0.5) is 10.1 Å². The minimum Gasteiger partial charge on any atom is -0.377 e. The molecule has 1 aromatic carbocycles. The molecule has 0 saturated heterocycles. The van der Waals surface area contributed by atoms with E-state index >= 15 is 0 Å². The van der Waals surface area contributed by atoms with Gasteiger partial charge in [0.15, 0.2) is 0 Å². The van der Waals surface area contributed by atoms with Gasteiger partial charge in [0.05, 0.1) is 6.67 Å². The Morgan fingerprint density at radius 2 is 1.86 bits per heavy atom. The molecule has 0 heterocycles. The van der Waals surface area contributed by atoms with Crippen LogP contribution in [0.5, 0.6) is 0 Å². The molecule has 0 atom stereocenters. The number of aryl methyl sites for hydroxylation is 1. The summed E-state index contributed by atoms with van der Waals surface area (Å²) in [5.74, 6) is 0. The van der Waals surface area contributed by atoms with Crippen LogP contribution in [-0.2, 0) is 6.42 Å². The van der Waals surface area contributed by atoms with Crippen molar-refractivity contribution < 1.29 is 4.39 Å². The van der Waals surface area contributed by atoms with Gasteiger partial charge < -0.3 is 4.90 Å². The Kier molecular flexibility index (Phi) is 4.44. The van der Waals surface area contributed by atoms with E-state index in [1.807, 2.05) is 26.2 Å². The average molecular weight is 195 g/mol. The van der Waals surface area contributed by atoms with Crippen molar-refractivity contribution in [1.82, 2.24) is 0 Å². The summed E-state index contributed by atoms with van der Waals surface area (Å²) in [6.45, 7) is -0.204. The fourth-order valence-corrected chi connectivity index (χ4v) is 1.57. The Morgan fingerprint density at radius 1 is 1.14 bits per heavy atom. The van der Waals surface area contributed by atoms with Crippen LogP contribution in [0.2, 0.25) is 0 Å². The number of hydrogen-bond donors (Lipinski definition) is 0. The highest BCUT2D eigenvalue weighted by Gasteiger charge is 2.02. The predicted octanol–water partition coefficient (Wildman–Crippen LogP) is 3.04. The summed E-state index contributed by atoms with van der Waals surface area (Å²) in [5.41, 5.74) is 2.55. The molecule has 0 saturated carbocycles. The van der Waals surface area contributed by atoms with E-state index < -0.39 is 0 Å². The van der Waals surface area contributed by atoms with Gasteiger partial charge in [0.2, 0.25) is 0 Å². The second-order valence-electron chi connectivity index (χ2n) is 3.67. The molecule has 0 spiro atoms. The van der Waals surface area contributed by atoms with E-state index in [0.29, 0.717) is 6.42 Å². The van der Waals surface area contributed by atoms with Crippen molar-refractivity contribution in [1.29, 1.82) is 0 Å². The first-order valence-electron chi connectivity index (χ1n) is 5.07. The molecule has 1 nitrogen and oxygen atoms in total. The molecular formula is C12H18FN. The third-order valence-electron chi connectivity index (χ3n) is 2.30. The van der Waals surface area contributed by atoms with Gasteiger partial charge in [-0.2, -0.15) is 0 Å². The number of alkyl halides is 1. The van der Waals surface area contributed by atoms with Gasteiger partial charge in [0, 0.05) is 19.8 Å². The summed E-state index contributed by atoms with van der Waals surface area (Å²) in [5, 5.41) is 0. The van der Waals surface area contributed by atoms with Crippen LogP contribution in [-0.4, -0.2) is 20.8 Å². The summed E-state index contributed by atoms with van der Waals surface area (Å²) in [4.78, 5) is 2.10. The number of unbranched alkanes of at least 4 members (excludes halogenated alkanes) is 1. The molecule has 0 aromatic heterocycles. The first-order chi connectivity index (χ1) is 6.75. The molecular weight excluding hydrogens is 177 g/mol. The van der Waals surface area contributed by atoms with E-state index in [0.717, 1.165) is 12.8 Å². The number of hydrogen-bond acceptors (Lipinski definition) is 1. The molecule has 14 heavy (non-hydrogen) atoms. The summed E-state index contributed by atoms with van der Waals surface area (Å²) >= 11 is 0. The van der Waals surface area contributed by atoms with Crippen LogP contribution in [0.3, 0.4) is 0 Å². The maximum Gasteiger partial charge on any atom is 0.0894 e. The molecule has 0 bridgehead atoms. The molecule has 0 radical (unpaired) electrons. The van der Waals surface area contributed by atoms with E-state index in [1.54, 1.807) is 0 Å². The Hall–Kier alpha value is -1.05. The topological polar surface area (TPSA) is 3.24 Å². The first kappa shape index (κ1) is 11.0. The summed E-state index contributed by atoms with van der Waals surface area (Å²) in [6, 6.07) is 8.30. The van der Waals surface area contributed by atoms with Crippen LogP contribution in [0, 0.1) is 0 Å². The Morgan fingerprint density at radius 3 is 2.50 bits per heavy atom. The molecule has 0 N–H and O–H groups in total. The van der Waals surface area contributed by atoms with Gasteiger partial charge >= 0.3 is 0 Å². The van der Waals surface area contributed by atoms with Crippen molar-refractivity contribution in [3.63, 3.8) is 0 Å². The highest BCUT2D eigenvalue weighted by molar-refractivity contribution is 5.52. The molecule has 0 unspecified atom stereocenters. The van der Waals surface area contributed by atoms with Crippen molar-refractivity contribution in [3.8, 4) is 0 Å². The third-order valence-corrected chi connectivity index (χ3v) is 2.30. The minimum atomic E-state index is -0.204. The molecule has 1 rings (SSSR count). The molecule has 0 amide bonds. The van der Waals surface area contributed by atoms with Crippen LogP contribution < -0.4 is 4.90 Å². The van der Waals surface area contributed by atoms with Gasteiger partial charge in [0.1, 0.15) is 0 Å². The van der Waals surface area contributed by atoms with Gasteiger partial charge in [-0.3, -0.25) is 4.39 Å². The van der Waals surface area contributed by atoms with E-state index in [4.69, 9.17) is 0 Å². The van der Waals surface area contributed by atoms with E-state index in [9.17, 15) is 4.39 Å². The number of para-hydroxylation sites is 1. The van der Waals surface area contributed by atoms with Gasteiger partial charge in [0.25, 0.3) is 0 Å². The second-order valence-corrected chi connectivity index (χ2v) is 3.67. The lowest BCUT2D eigenvalue weighted by Crippen LogP contribution is -2.11. The molecule has 78 valence electrons. The van der Waals surface area contributed by atoms with Crippen molar-refractivity contribution in [2.45, 2.75) is 19.3 Å². The second kappa shape index (κ2) is 5.63. The van der Waals surface area contributed by atoms with E-state index in [-0.39, 0.29) is 6.67 Å². The Bertz CT molecular complexity index is 271. The predicted molar refractivity (Wildman–Crippen MR) is 59.7 cm³/mol. The van der Waals surface area contributed by atoms with Gasteiger partial charge in [-0.1, -0.05) is 18.2 Å². The number of rotatable bonds is 5. The normalized spacial score (nSPS) is 10.2. The number of anilines is 1. The standard InChI is InChI=1S/C12H18FN/c1-14(2)12-9-4-3-7-11(12)8-5-6-10-13/h3-4,7,9H,5-6,8,10H2,1-2H3. The first-order valence-corrected chi connectivity index (χ1v) is 5.07. The van der Waals surface area contributed by atoms with Gasteiger partial charge in [-0.15, -0.1) is 0 Å². The number of nitrogens with zero attached hydrogens (tertiary/aromatic N) is 1. The van der Waals surface area contributed by atoms with Crippen molar-refractivity contribution in [2.24, 2.45) is 0 Å². The van der Waals surface area contributed by atoms with Crippen LogP contribution in [0.25, 0.3) is 0 Å². The largest absolute Gasteiger partial charge is 0.377 e. The molecule has 0 aliphatic carbocycles. The van der Waals surface area contributed by atoms with Gasteiger partial charge in [-0.05, 0) is 30.9 Å². The SMILES string of the molecule is CN(C)c1ccccc1CCCCF. The minimum absolute atomic E-state index is 0.204. The number of benzene rings is 1. The average Bonchev–Trinajstić information content (AvgIpc) is 2.19. The molecule has 1 aromatic rings. The zero-order chi connectivity index (χ0) is 10.4. The summed E-state index contributed by atoms with van der Waals surface area (Å²) < 4.78 is 11.9. The summed E-state index contributed by atoms with van der Waals surface area (Å²) in [6.07, 6.45) is 2.57. The summed E-state index contributed by atoms with van der Waals surface area (Å²) in [7, 11) is 4.07. The quantitative estimate of drug-likeness (QED) is 0.653. The lowest BCUT2D eigenvalue weighted by atomic mass is 10.1. The fraction of sp³-hybridized carbons (Fsp3) is 0.500. The van der Waals surface area contributed by atoms with E-state index in [2.05, 4.69) is 17.0 Å². The van der Waals surface area contributed by atoms with Crippen molar-refractivity contribution in [2.75, 3.05) is 25.7 Å². The maximum absolute atomic E-state index is 11.9. The monoisotopic (exact) mass is 195 g/mol. The molecule has 2 heteroatoms.